The fourth-order valence-electron chi connectivity index (χ4n) is 2.56. The van der Waals surface area contributed by atoms with Gasteiger partial charge in [0.05, 0.1) is 5.69 Å². The summed E-state index contributed by atoms with van der Waals surface area (Å²) in [6, 6.07) is 8.25. The lowest BCUT2D eigenvalue weighted by Crippen LogP contribution is -2.38. The Bertz CT molecular complexity index is 683. The first-order chi connectivity index (χ1) is 11.5. The van der Waals surface area contributed by atoms with Crippen LogP contribution in [0.2, 0.25) is 0 Å². The number of hydrogen-bond acceptors (Lipinski definition) is 3. The molecule has 7 heteroatoms. The normalized spacial score (nSPS) is 11.2. The second-order valence-corrected chi connectivity index (χ2v) is 6.59. The molecule has 25 heavy (non-hydrogen) atoms. The van der Waals surface area contributed by atoms with Gasteiger partial charge in [0.2, 0.25) is 0 Å². The third kappa shape index (κ3) is 6.29. The second-order valence-electron chi connectivity index (χ2n) is 5.74. The number of guanidine groups is 1. The smallest absolute Gasteiger partial charge is 0.193 e. The van der Waals surface area contributed by atoms with Crippen molar-refractivity contribution in [3.05, 3.63) is 51.3 Å². The molecule has 1 N–H and O–H groups in total. The van der Waals surface area contributed by atoms with Gasteiger partial charge in [-0.1, -0.05) is 39.3 Å². The van der Waals surface area contributed by atoms with Gasteiger partial charge in [-0.3, -0.25) is 4.99 Å². The standard InChI is InChI=1S/C18H25BrN4O.HI/c1-5-20-18(21-11-10-16-13(2)22-24-14(16)3)23(4)12-15-8-6-7-9-17(15)19;/h6-9H,5,10-12H2,1-4H3,(H,20,21);1H. The summed E-state index contributed by atoms with van der Waals surface area (Å²) in [6.07, 6.45) is 0.832. The molecule has 0 aliphatic rings. The van der Waals surface area contributed by atoms with E-state index in [1.165, 1.54) is 5.56 Å². The third-order valence-electron chi connectivity index (χ3n) is 3.87. The Kier molecular flexibility index (Phi) is 9.48. The van der Waals surface area contributed by atoms with E-state index >= 15 is 0 Å². The van der Waals surface area contributed by atoms with Gasteiger partial charge in [0.1, 0.15) is 5.76 Å². The Balaban J connectivity index is 0.00000312. The van der Waals surface area contributed by atoms with Crippen molar-refractivity contribution in [3.63, 3.8) is 0 Å². The summed E-state index contributed by atoms with van der Waals surface area (Å²) in [5, 5.41) is 7.35. The van der Waals surface area contributed by atoms with Gasteiger partial charge in [-0.05, 0) is 38.8 Å². The van der Waals surface area contributed by atoms with Crippen LogP contribution in [0.15, 0.2) is 38.3 Å². The number of nitrogens with one attached hydrogen (secondary N) is 1. The highest BCUT2D eigenvalue weighted by Gasteiger charge is 2.10. The first-order valence-electron chi connectivity index (χ1n) is 8.17. The number of aryl methyl sites for hydroxylation is 2. The lowest BCUT2D eigenvalue weighted by molar-refractivity contribution is 0.392. The van der Waals surface area contributed by atoms with Crippen LogP contribution in [0.4, 0.5) is 0 Å². The van der Waals surface area contributed by atoms with Gasteiger partial charge in [-0.15, -0.1) is 24.0 Å². The van der Waals surface area contributed by atoms with Crippen molar-refractivity contribution in [3.8, 4) is 0 Å². The number of halogens is 2. The molecule has 0 unspecified atom stereocenters. The highest BCUT2D eigenvalue weighted by molar-refractivity contribution is 14.0. The monoisotopic (exact) mass is 520 g/mol. The van der Waals surface area contributed by atoms with Crippen LogP contribution in [0, 0.1) is 13.8 Å². The van der Waals surface area contributed by atoms with Gasteiger partial charge in [-0.25, -0.2) is 0 Å². The average Bonchev–Trinajstić information content (AvgIpc) is 2.88. The van der Waals surface area contributed by atoms with Crippen molar-refractivity contribution < 1.29 is 4.52 Å². The zero-order valence-corrected chi connectivity index (χ0v) is 19.1. The predicted molar refractivity (Wildman–Crippen MR) is 117 cm³/mol. The van der Waals surface area contributed by atoms with E-state index in [2.05, 4.69) is 63.5 Å². The minimum atomic E-state index is 0. The van der Waals surface area contributed by atoms with E-state index in [1.54, 1.807) is 0 Å². The number of aliphatic imine (C=N–C) groups is 1. The van der Waals surface area contributed by atoms with Crippen LogP contribution in [0.5, 0.6) is 0 Å². The van der Waals surface area contributed by atoms with Crippen LogP contribution in [0.3, 0.4) is 0 Å². The van der Waals surface area contributed by atoms with Gasteiger partial charge >= 0.3 is 0 Å². The molecule has 0 saturated carbocycles. The minimum absolute atomic E-state index is 0. The van der Waals surface area contributed by atoms with Crippen LogP contribution in [0.1, 0.15) is 29.5 Å². The van der Waals surface area contributed by atoms with Crippen LogP contribution >= 0.6 is 39.9 Å². The molecule has 0 atom stereocenters. The molecule has 5 nitrogen and oxygen atoms in total. The summed E-state index contributed by atoms with van der Waals surface area (Å²) in [6.45, 7) is 8.33. The van der Waals surface area contributed by atoms with Crippen molar-refractivity contribution in [2.24, 2.45) is 4.99 Å². The summed E-state index contributed by atoms with van der Waals surface area (Å²) in [7, 11) is 2.05. The maximum absolute atomic E-state index is 5.21. The van der Waals surface area contributed by atoms with E-state index in [0.29, 0.717) is 6.54 Å². The highest BCUT2D eigenvalue weighted by atomic mass is 127. The fourth-order valence-corrected chi connectivity index (χ4v) is 2.97. The van der Waals surface area contributed by atoms with E-state index in [-0.39, 0.29) is 24.0 Å². The Morgan fingerprint density at radius 2 is 2.04 bits per heavy atom. The second kappa shape index (κ2) is 10.8. The predicted octanol–water partition coefficient (Wildman–Crippen LogP) is 4.31. The first kappa shape index (κ1) is 22.0. The summed E-state index contributed by atoms with van der Waals surface area (Å²) in [5.74, 6) is 1.79. The Morgan fingerprint density at radius 3 is 2.64 bits per heavy atom. The Morgan fingerprint density at radius 1 is 1.32 bits per heavy atom. The van der Waals surface area contributed by atoms with E-state index in [9.17, 15) is 0 Å². The SMILES string of the molecule is CCNC(=NCCc1c(C)noc1C)N(C)Cc1ccccc1Br.I. The minimum Gasteiger partial charge on any atom is -0.361 e. The zero-order chi connectivity index (χ0) is 17.5. The molecule has 0 spiro atoms. The lowest BCUT2D eigenvalue weighted by atomic mass is 10.1. The Labute approximate surface area is 175 Å². The van der Waals surface area contributed by atoms with Crippen molar-refractivity contribution in [2.45, 2.75) is 33.7 Å². The number of hydrogen-bond donors (Lipinski definition) is 1. The summed E-state index contributed by atoms with van der Waals surface area (Å²) in [4.78, 5) is 6.88. The molecule has 1 aromatic carbocycles. The molecule has 2 aromatic rings. The summed E-state index contributed by atoms with van der Waals surface area (Å²) in [5.41, 5.74) is 3.34. The highest BCUT2D eigenvalue weighted by Crippen LogP contribution is 2.17. The van der Waals surface area contributed by atoms with Crippen molar-refractivity contribution in [1.29, 1.82) is 0 Å². The molecule has 0 aliphatic carbocycles. The van der Waals surface area contributed by atoms with Crippen LogP contribution < -0.4 is 5.32 Å². The lowest BCUT2D eigenvalue weighted by Gasteiger charge is -2.22. The van der Waals surface area contributed by atoms with Crippen molar-refractivity contribution >= 4 is 45.9 Å². The molecular weight excluding hydrogens is 495 g/mol. The summed E-state index contributed by atoms with van der Waals surface area (Å²) < 4.78 is 6.32. The number of aromatic nitrogens is 1. The zero-order valence-electron chi connectivity index (χ0n) is 15.2. The van der Waals surface area contributed by atoms with Gasteiger partial charge in [0.15, 0.2) is 5.96 Å². The largest absolute Gasteiger partial charge is 0.361 e. The van der Waals surface area contributed by atoms with Gasteiger partial charge in [0, 0.05) is 36.7 Å². The van der Waals surface area contributed by atoms with Crippen molar-refractivity contribution in [2.75, 3.05) is 20.1 Å². The van der Waals surface area contributed by atoms with Gasteiger partial charge in [0.25, 0.3) is 0 Å². The first-order valence-corrected chi connectivity index (χ1v) is 8.96. The molecule has 138 valence electrons. The molecule has 2 rings (SSSR count). The fraction of sp³-hybridized carbons (Fsp3) is 0.444. The van der Waals surface area contributed by atoms with E-state index < -0.39 is 0 Å². The number of nitrogens with zero attached hydrogens (tertiary/aromatic N) is 3. The molecule has 1 aromatic heterocycles. The van der Waals surface area contributed by atoms with E-state index in [0.717, 1.165) is 47.0 Å². The molecule has 0 saturated heterocycles. The molecule has 0 aliphatic heterocycles. The van der Waals surface area contributed by atoms with Crippen LogP contribution in [-0.2, 0) is 13.0 Å². The van der Waals surface area contributed by atoms with Crippen LogP contribution in [0.25, 0.3) is 0 Å². The molecular formula is C18H26BrIN4O. The van der Waals surface area contributed by atoms with Gasteiger partial charge < -0.3 is 14.7 Å². The maximum atomic E-state index is 5.21. The molecule has 0 fully saturated rings. The van der Waals surface area contributed by atoms with E-state index in [1.807, 2.05) is 19.9 Å². The molecule has 0 bridgehead atoms. The third-order valence-corrected chi connectivity index (χ3v) is 4.64. The van der Waals surface area contributed by atoms with Crippen LogP contribution in [-0.4, -0.2) is 36.2 Å². The summed E-state index contributed by atoms with van der Waals surface area (Å²) >= 11 is 3.60. The molecule has 0 amide bonds. The number of benzene rings is 1. The number of rotatable bonds is 6. The maximum Gasteiger partial charge on any atom is 0.193 e. The topological polar surface area (TPSA) is 53.7 Å². The molecule has 1 heterocycles. The molecule has 0 radical (unpaired) electrons. The van der Waals surface area contributed by atoms with Gasteiger partial charge in [-0.2, -0.15) is 0 Å². The quantitative estimate of drug-likeness (QED) is 0.350. The van der Waals surface area contributed by atoms with Crippen molar-refractivity contribution in [1.82, 2.24) is 15.4 Å². The van der Waals surface area contributed by atoms with E-state index in [4.69, 9.17) is 9.52 Å². The Hall–Kier alpha value is -1.09. The average molecular weight is 521 g/mol.